The van der Waals surface area contributed by atoms with E-state index in [9.17, 15) is 0 Å². The molecule has 2 heterocycles. The summed E-state index contributed by atoms with van der Waals surface area (Å²) in [6.45, 7) is 3.73. The number of aryl methyl sites for hydroxylation is 1. The van der Waals surface area contributed by atoms with E-state index in [4.69, 9.17) is 10.5 Å². The smallest absolute Gasteiger partial charge is 0.166 e. The summed E-state index contributed by atoms with van der Waals surface area (Å²) in [5, 5.41) is 4.31. The standard InChI is InChI=1S/C11H20N4O/c1-9(12)11-13-8-15(14-11)6-2-4-10-5-3-7-16-10/h8-10H,2-7,12H2,1H3. The van der Waals surface area contributed by atoms with Crippen molar-refractivity contribution >= 4 is 0 Å². The zero-order chi connectivity index (χ0) is 11.4. The largest absolute Gasteiger partial charge is 0.378 e. The molecule has 0 radical (unpaired) electrons. The molecule has 0 spiro atoms. The van der Waals surface area contributed by atoms with Gasteiger partial charge in [-0.05, 0) is 32.6 Å². The second kappa shape index (κ2) is 5.41. The fourth-order valence-electron chi connectivity index (χ4n) is 1.98. The normalized spacial score (nSPS) is 22.5. The molecule has 1 aliphatic heterocycles. The third-order valence-corrected chi connectivity index (χ3v) is 2.90. The fourth-order valence-corrected chi connectivity index (χ4v) is 1.98. The minimum atomic E-state index is -0.0839. The Morgan fingerprint density at radius 2 is 2.56 bits per heavy atom. The van der Waals surface area contributed by atoms with E-state index < -0.39 is 0 Å². The number of nitrogens with zero attached hydrogens (tertiary/aromatic N) is 3. The van der Waals surface area contributed by atoms with Crippen molar-refractivity contribution in [3.8, 4) is 0 Å². The molecule has 1 saturated heterocycles. The molecule has 0 amide bonds. The van der Waals surface area contributed by atoms with Crippen LogP contribution in [-0.4, -0.2) is 27.5 Å². The Balaban J connectivity index is 1.72. The minimum absolute atomic E-state index is 0.0839. The van der Waals surface area contributed by atoms with Gasteiger partial charge >= 0.3 is 0 Å². The van der Waals surface area contributed by atoms with Gasteiger partial charge in [0.1, 0.15) is 6.33 Å². The number of nitrogens with two attached hydrogens (primary N) is 1. The molecule has 2 N–H and O–H groups in total. The summed E-state index contributed by atoms with van der Waals surface area (Å²) in [5.74, 6) is 0.720. The van der Waals surface area contributed by atoms with Gasteiger partial charge in [-0.3, -0.25) is 4.68 Å². The topological polar surface area (TPSA) is 66.0 Å². The molecule has 0 saturated carbocycles. The van der Waals surface area contributed by atoms with Crippen molar-refractivity contribution in [3.63, 3.8) is 0 Å². The average Bonchev–Trinajstić information content (AvgIpc) is 2.87. The van der Waals surface area contributed by atoms with E-state index in [2.05, 4.69) is 10.1 Å². The number of hydrogen-bond donors (Lipinski definition) is 1. The summed E-state index contributed by atoms with van der Waals surface area (Å²) in [5.41, 5.74) is 5.70. The third kappa shape index (κ3) is 3.02. The van der Waals surface area contributed by atoms with Gasteiger partial charge in [-0.15, -0.1) is 0 Å². The number of aromatic nitrogens is 3. The Hall–Kier alpha value is -0.940. The molecule has 90 valence electrons. The van der Waals surface area contributed by atoms with Crippen LogP contribution in [0.5, 0.6) is 0 Å². The third-order valence-electron chi connectivity index (χ3n) is 2.90. The highest BCUT2D eigenvalue weighted by Crippen LogP contribution is 2.17. The molecule has 16 heavy (non-hydrogen) atoms. The highest BCUT2D eigenvalue weighted by molar-refractivity contribution is 4.87. The van der Waals surface area contributed by atoms with Crippen molar-refractivity contribution in [2.45, 2.75) is 51.3 Å². The van der Waals surface area contributed by atoms with Gasteiger partial charge in [-0.2, -0.15) is 5.10 Å². The molecule has 0 aromatic carbocycles. The molecular formula is C11H20N4O. The maximum absolute atomic E-state index is 5.70. The first-order valence-corrected chi connectivity index (χ1v) is 6.02. The van der Waals surface area contributed by atoms with Crippen molar-refractivity contribution in [1.82, 2.24) is 14.8 Å². The van der Waals surface area contributed by atoms with Crippen molar-refractivity contribution in [2.24, 2.45) is 5.73 Å². The highest BCUT2D eigenvalue weighted by atomic mass is 16.5. The van der Waals surface area contributed by atoms with E-state index in [1.807, 2.05) is 11.6 Å². The maximum atomic E-state index is 5.70. The lowest BCUT2D eigenvalue weighted by Gasteiger charge is -2.08. The second-order valence-corrected chi connectivity index (χ2v) is 4.43. The predicted molar refractivity (Wildman–Crippen MR) is 60.8 cm³/mol. The van der Waals surface area contributed by atoms with Crippen LogP contribution in [0.25, 0.3) is 0 Å². The molecule has 1 fully saturated rings. The molecule has 1 aliphatic rings. The van der Waals surface area contributed by atoms with Crippen LogP contribution in [0.1, 0.15) is 44.5 Å². The molecule has 2 atom stereocenters. The zero-order valence-corrected chi connectivity index (χ0v) is 9.80. The predicted octanol–water partition coefficient (Wildman–Crippen LogP) is 1.26. The van der Waals surface area contributed by atoms with E-state index in [1.54, 1.807) is 6.33 Å². The lowest BCUT2D eigenvalue weighted by molar-refractivity contribution is 0.101. The molecule has 1 aromatic heterocycles. The molecule has 5 heteroatoms. The first-order chi connectivity index (χ1) is 7.75. The van der Waals surface area contributed by atoms with Gasteiger partial charge < -0.3 is 10.5 Å². The van der Waals surface area contributed by atoms with Crippen LogP contribution in [0.4, 0.5) is 0 Å². The number of rotatable bonds is 5. The van der Waals surface area contributed by atoms with Crippen LogP contribution in [0, 0.1) is 0 Å². The second-order valence-electron chi connectivity index (χ2n) is 4.43. The van der Waals surface area contributed by atoms with Gasteiger partial charge in [-0.25, -0.2) is 4.98 Å². The summed E-state index contributed by atoms with van der Waals surface area (Å²) in [7, 11) is 0. The van der Waals surface area contributed by atoms with Crippen molar-refractivity contribution in [1.29, 1.82) is 0 Å². The Morgan fingerprint density at radius 1 is 1.69 bits per heavy atom. The van der Waals surface area contributed by atoms with Crippen LogP contribution in [-0.2, 0) is 11.3 Å². The van der Waals surface area contributed by atoms with E-state index in [1.165, 1.54) is 12.8 Å². The average molecular weight is 224 g/mol. The first kappa shape index (κ1) is 11.5. The lowest BCUT2D eigenvalue weighted by atomic mass is 10.1. The zero-order valence-electron chi connectivity index (χ0n) is 9.80. The minimum Gasteiger partial charge on any atom is -0.378 e. The first-order valence-electron chi connectivity index (χ1n) is 6.02. The van der Waals surface area contributed by atoms with Gasteiger partial charge in [0.15, 0.2) is 5.82 Å². The van der Waals surface area contributed by atoms with Crippen LogP contribution in [0.15, 0.2) is 6.33 Å². The van der Waals surface area contributed by atoms with Crippen molar-refractivity contribution in [3.05, 3.63) is 12.2 Å². The molecule has 2 rings (SSSR count). The van der Waals surface area contributed by atoms with Crippen LogP contribution >= 0.6 is 0 Å². The molecule has 1 aromatic rings. The van der Waals surface area contributed by atoms with Gasteiger partial charge in [0.2, 0.25) is 0 Å². The Labute approximate surface area is 96.0 Å². The lowest BCUT2D eigenvalue weighted by Crippen LogP contribution is -2.10. The van der Waals surface area contributed by atoms with E-state index in [-0.39, 0.29) is 6.04 Å². The fraction of sp³-hybridized carbons (Fsp3) is 0.818. The Bertz CT molecular complexity index is 318. The highest BCUT2D eigenvalue weighted by Gasteiger charge is 2.14. The molecular weight excluding hydrogens is 204 g/mol. The van der Waals surface area contributed by atoms with Gasteiger partial charge in [-0.1, -0.05) is 0 Å². The molecule has 5 nitrogen and oxygen atoms in total. The SMILES string of the molecule is CC(N)c1ncn(CCCC2CCCO2)n1. The summed E-state index contributed by atoms with van der Waals surface area (Å²) in [4.78, 5) is 4.16. The monoisotopic (exact) mass is 224 g/mol. The summed E-state index contributed by atoms with van der Waals surface area (Å²) < 4.78 is 7.44. The van der Waals surface area contributed by atoms with E-state index >= 15 is 0 Å². The van der Waals surface area contributed by atoms with Gasteiger partial charge in [0.05, 0.1) is 12.1 Å². The molecule has 0 aliphatic carbocycles. The van der Waals surface area contributed by atoms with Crippen LogP contribution in [0.2, 0.25) is 0 Å². The number of hydrogen-bond acceptors (Lipinski definition) is 4. The van der Waals surface area contributed by atoms with E-state index in [0.29, 0.717) is 6.10 Å². The summed E-state index contributed by atoms with van der Waals surface area (Å²) in [6.07, 6.45) is 6.86. The Kier molecular flexibility index (Phi) is 3.90. The summed E-state index contributed by atoms with van der Waals surface area (Å²) in [6, 6.07) is -0.0839. The van der Waals surface area contributed by atoms with Crippen LogP contribution in [0.3, 0.4) is 0 Å². The van der Waals surface area contributed by atoms with Crippen LogP contribution < -0.4 is 5.73 Å². The summed E-state index contributed by atoms with van der Waals surface area (Å²) >= 11 is 0. The van der Waals surface area contributed by atoms with E-state index in [0.717, 1.165) is 31.8 Å². The molecule has 0 bridgehead atoms. The number of ether oxygens (including phenoxy) is 1. The quantitative estimate of drug-likeness (QED) is 0.817. The van der Waals surface area contributed by atoms with Gasteiger partial charge in [0, 0.05) is 13.2 Å². The van der Waals surface area contributed by atoms with Gasteiger partial charge in [0.25, 0.3) is 0 Å². The molecule has 2 unspecified atom stereocenters. The van der Waals surface area contributed by atoms with Crippen molar-refractivity contribution in [2.75, 3.05) is 6.61 Å². The Morgan fingerprint density at radius 3 is 3.19 bits per heavy atom. The van der Waals surface area contributed by atoms with Crippen molar-refractivity contribution < 1.29 is 4.74 Å². The maximum Gasteiger partial charge on any atom is 0.166 e.